The Morgan fingerprint density at radius 3 is 2.35 bits per heavy atom. The molecule has 0 saturated heterocycles. The lowest BCUT2D eigenvalue weighted by molar-refractivity contribution is 0.469. The molecular weight excluding hydrogens is 564 g/mol. The lowest BCUT2D eigenvalue weighted by atomic mass is 10.1. The zero-order valence-electron chi connectivity index (χ0n) is 26.6. The van der Waals surface area contributed by atoms with Crippen LogP contribution >= 0.6 is 0 Å². The van der Waals surface area contributed by atoms with Crippen LogP contribution in [0.4, 0.5) is 5.69 Å². The van der Waals surface area contributed by atoms with Crippen LogP contribution in [0.2, 0.25) is 0 Å². The maximum absolute atomic E-state index is 6.60. The Bertz CT molecular complexity index is 2200. The third-order valence-electron chi connectivity index (χ3n) is 9.12. The van der Waals surface area contributed by atoms with Crippen molar-refractivity contribution >= 4 is 33.2 Å². The largest absolute Gasteiger partial charge is 0.457 e. The molecule has 0 bridgehead atoms. The molecule has 4 heterocycles. The molecule has 1 unspecified atom stereocenters. The number of pyridine rings is 1. The van der Waals surface area contributed by atoms with Gasteiger partial charge in [-0.3, -0.25) is 4.57 Å². The molecule has 0 aliphatic carbocycles. The third-order valence-corrected chi connectivity index (χ3v) is 9.12. The number of ether oxygens (including phenoxy) is 1. The highest BCUT2D eigenvalue weighted by Crippen LogP contribution is 2.40. The van der Waals surface area contributed by atoms with Crippen molar-refractivity contribution in [2.45, 2.75) is 39.8 Å². The summed E-state index contributed by atoms with van der Waals surface area (Å²) in [6.45, 7) is 8.80. The van der Waals surface area contributed by atoms with Crippen LogP contribution in [0.1, 0.15) is 42.0 Å². The molecule has 2 aliphatic rings. The molecule has 5 nitrogen and oxygen atoms in total. The Labute approximate surface area is 270 Å². The second-order valence-electron chi connectivity index (χ2n) is 12.5. The highest BCUT2D eigenvalue weighted by Gasteiger charge is 2.33. The number of aromatic nitrogens is 2. The molecule has 0 amide bonds. The summed E-state index contributed by atoms with van der Waals surface area (Å²) in [6.07, 6.45) is 12.9. The summed E-state index contributed by atoms with van der Waals surface area (Å²) in [5.74, 6) is 2.90. The van der Waals surface area contributed by atoms with Crippen molar-refractivity contribution in [3.8, 4) is 17.3 Å². The summed E-state index contributed by atoms with van der Waals surface area (Å²) >= 11 is 0. The average Bonchev–Trinajstić information content (AvgIpc) is 3.61. The Kier molecular flexibility index (Phi) is 6.75. The van der Waals surface area contributed by atoms with Gasteiger partial charge in [-0.15, -0.1) is 0 Å². The highest BCUT2D eigenvalue weighted by atomic mass is 16.5. The summed E-state index contributed by atoms with van der Waals surface area (Å²) in [5.41, 5.74) is 9.46. The van der Waals surface area contributed by atoms with Gasteiger partial charge in [0.25, 0.3) is 0 Å². The predicted octanol–water partition coefficient (Wildman–Crippen LogP) is 10.2. The Hall–Kier alpha value is -5.55. The molecule has 226 valence electrons. The van der Waals surface area contributed by atoms with Crippen molar-refractivity contribution in [1.82, 2.24) is 14.5 Å². The van der Waals surface area contributed by atoms with E-state index in [9.17, 15) is 0 Å². The third kappa shape index (κ3) is 4.67. The first-order chi connectivity index (χ1) is 22.5. The van der Waals surface area contributed by atoms with Crippen molar-refractivity contribution in [1.29, 1.82) is 0 Å². The fourth-order valence-electron chi connectivity index (χ4n) is 6.88. The van der Waals surface area contributed by atoms with Crippen LogP contribution < -0.4 is 9.64 Å². The van der Waals surface area contributed by atoms with Gasteiger partial charge in [0, 0.05) is 46.7 Å². The first kappa shape index (κ1) is 28.0. The molecule has 6 aromatic rings. The van der Waals surface area contributed by atoms with Crippen molar-refractivity contribution in [3.63, 3.8) is 0 Å². The minimum Gasteiger partial charge on any atom is -0.457 e. The van der Waals surface area contributed by atoms with E-state index in [0.29, 0.717) is 5.92 Å². The molecule has 0 N–H and O–H groups in total. The van der Waals surface area contributed by atoms with Gasteiger partial charge >= 0.3 is 0 Å². The topological polar surface area (TPSA) is 33.5 Å². The van der Waals surface area contributed by atoms with E-state index in [4.69, 9.17) is 9.72 Å². The summed E-state index contributed by atoms with van der Waals surface area (Å²) in [4.78, 5) is 9.51. The van der Waals surface area contributed by atoms with Gasteiger partial charge in [-0.1, -0.05) is 68.5 Å². The monoisotopic (exact) mass is 600 g/mol. The van der Waals surface area contributed by atoms with Crippen LogP contribution in [0.5, 0.6) is 11.5 Å². The number of nitrogens with zero attached hydrogens (tertiary/aromatic N) is 4. The van der Waals surface area contributed by atoms with Crippen LogP contribution in [0.3, 0.4) is 0 Å². The standard InChI is InChI=1S/C41H36N4O/c1-27(2)30-20-21-42-39(24-30)45-36-16-6-5-15-34(36)35-19-18-33(25-37(35)45)46-32-14-10-13-31(23-32)38-26-44(40-17-7-8-22-43(38)40)41-28(3)11-9-12-29(41)4/h5-27,40H,1-4H3. The van der Waals surface area contributed by atoms with E-state index < -0.39 is 0 Å². The molecule has 0 fully saturated rings. The van der Waals surface area contributed by atoms with Crippen LogP contribution in [0, 0.1) is 13.8 Å². The lowest BCUT2D eigenvalue weighted by Gasteiger charge is -2.33. The van der Waals surface area contributed by atoms with Gasteiger partial charge < -0.3 is 14.5 Å². The van der Waals surface area contributed by atoms with E-state index in [1.54, 1.807) is 0 Å². The number of hydrogen-bond acceptors (Lipinski definition) is 4. The fraction of sp³-hybridized carbons (Fsp3) is 0.146. The molecule has 2 aromatic heterocycles. The van der Waals surface area contributed by atoms with Crippen molar-refractivity contribution in [3.05, 3.63) is 156 Å². The molecule has 0 spiro atoms. The zero-order chi connectivity index (χ0) is 31.4. The Balaban J connectivity index is 1.18. The van der Waals surface area contributed by atoms with Gasteiger partial charge in [-0.05, 0) is 91.1 Å². The van der Waals surface area contributed by atoms with Crippen molar-refractivity contribution in [2.75, 3.05) is 4.90 Å². The molecule has 0 saturated carbocycles. The van der Waals surface area contributed by atoms with E-state index >= 15 is 0 Å². The van der Waals surface area contributed by atoms with E-state index in [1.165, 1.54) is 33.2 Å². The smallest absolute Gasteiger partial charge is 0.137 e. The number of aryl methyl sites for hydroxylation is 2. The van der Waals surface area contributed by atoms with Crippen LogP contribution in [-0.2, 0) is 0 Å². The van der Waals surface area contributed by atoms with E-state index in [0.717, 1.165) is 39.6 Å². The lowest BCUT2D eigenvalue weighted by Crippen LogP contribution is -2.36. The Morgan fingerprint density at radius 2 is 1.50 bits per heavy atom. The highest BCUT2D eigenvalue weighted by molar-refractivity contribution is 6.09. The van der Waals surface area contributed by atoms with Gasteiger partial charge in [-0.2, -0.15) is 0 Å². The van der Waals surface area contributed by atoms with Gasteiger partial charge in [0.05, 0.1) is 16.7 Å². The van der Waals surface area contributed by atoms with E-state index in [1.807, 2.05) is 12.3 Å². The molecule has 1 atom stereocenters. The van der Waals surface area contributed by atoms with Crippen molar-refractivity contribution in [2.24, 2.45) is 0 Å². The number of anilines is 1. The molecule has 5 heteroatoms. The molecule has 2 aliphatic heterocycles. The number of allylic oxidation sites excluding steroid dienone is 2. The van der Waals surface area contributed by atoms with Gasteiger partial charge in [0.1, 0.15) is 23.5 Å². The number of benzene rings is 4. The number of fused-ring (bicyclic) bond motifs is 4. The van der Waals surface area contributed by atoms with Crippen LogP contribution in [0.15, 0.2) is 134 Å². The second-order valence-corrected chi connectivity index (χ2v) is 12.5. The van der Waals surface area contributed by atoms with E-state index in [-0.39, 0.29) is 6.17 Å². The average molecular weight is 601 g/mol. The second kappa shape index (κ2) is 11.1. The summed E-state index contributed by atoms with van der Waals surface area (Å²) < 4.78 is 8.85. The minimum atomic E-state index is 0.0801. The summed E-state index contributed by atoms with van der Waals surface area (Å²) in [5, 5.41) is 2.37. The maximum atomic E-state index is 6.60. The van der Waals surface area contributed by atoms with Gasteiger partial charge in [-0.25, -0.2) is 4.98 Å². The van der Waals surface area contributed by atoms with E-state index in [2.05, 4.69) is 164 Å². The first-order valence-electron chi connectivity index (χ1n) is 15.9. The molecule has 8 rings (SSSR count). The normalized spacial score (nSPS) is 15.7. The zero-order valence-corrected chi connectivity index (χ0v) is 26.6. The molecule has 46 heavy (non-hydrogen) atoms. The fourth-order valence-corrected chi connectivity index (χ4v) is 6.88. The van der Waals surface area contributed by atoms with Crippen LogP contribution in [-0.4, -0.2) is 20.6 Å². The van der Waals surface area contributed by atoms with Gasteiger partial charge in [0.2, 0.25) is 0 Å². The summed E-state index contributed by atoms with van der Waals surface area (Å²) in [6, 6.07) is 34.1. The molecule has 0 radical (unpaired) electrons. The van der Waals surface area contributed by atoms with Gasteiger partial charge in [0.15, 0.2) is 0 Å². The predicted molar refractivity (Wildman–Crippen MR) is 189 cm³/mol. The van der Waals surface area contributed by atoms with Crippen molar-refractivity contribution < 1.29 is 4.74 Å². The minimum absolute atomic E-state index is 0.0801. The summed E-state index contributed by atoms with van der Waals surface area (Å²) in [7, 11) is 0. The molecule has 4 aromatic carbocycles. The molecular formula is C41H36N4O. The number of rotatable bonds is 6. The number of para-hydroxylation sites is 2. The number of hydrogen-bond donors (Lipinski definition) is 0. The first-order valence-corrected chi connectivity index (χ1v) is 15.9. The SMILES string of the molecule is Cc1cccc(C)c1N1C=C(c2cccc(Oc3ccc4c5ccccc5n(-c5cc(C(C)C)ccn5)c4c3)c2)N2C=CC=CC21. The quantitative estimate of drug-likeness (QED) is 0.190. The van der Waals surface area contributed by atoms with Crippen LogP contribution in [0.25, 0.3) is 33.3 Å². The maximum Gasteiger partial charge on any atom is 0.137 e. The Morgan fingerprint density at radius 1 is 0.717 bits per heavy atom.